The van der Waals surface area contributed by atoms with Crippen molar-refractivity contribution in [1.82, 2.24) is 0 Å². The number of carbonyl (C=O) groups is 1. The van der Waals surface area contributed by atoms with Gasteiger partial charge in [-0.15, -0.1) is 0 Å². The topological polar surface area (TPSA) is 61.6 Å². The lowest BCUT2D eigenvalue weighted by Gasteiger charge is -2.36. The first-order chi connectivity index (χ1) is 7.24. The molecule has 0 unspecified atom stereocenters. The third-order valence-electron chi connectivity index (χ3n) is 2.00. The Bertz CT molecular complexity index is 326. The molecule has 1 heterocycles. The van der Waals surface area contributed by atoms with E-state index in [1.807, 2.05) is 20.8 Å². The fraction of sp³-hybridized carbons (Fsp3) is 0.750. The summed E-state index contributed by atoms with van der Waals surface area (Å²) in [6, 6.07) is -0.631. The lowest BCUT2D eigenvalue weighted by Crippen LogP contribution is -2.53. The fourth-order valence-corrected chi connectivity index (χ4v) is 1.03. The molecule has 0 radical (unpaired) electrons. The molecule has 0 amide bonds. The van der Waals surface area contributed by atoms with Crippen LogP contribution in [0.2, 0.25) is 0 Å². The van der Waals surface area contributed by atoms with Crippen molar-refractivity contribution in [3.63, 3.8) is 0 Å². The van der Waals surface area contributed by atoms with Gasteiger partial charge in [0, 0.05) is 5.41 Å². The van der Waals surface area contributed by atoms with Crippen LogP contribution in [0.1, 0.15) is 27.7 Å². The molecule has 0 bridgehead atoms. The Morgan fingerprint density at radius 3 is 2.38 bits per heavy atom. The van der Waals surface area contributed by atoms with E-state index in [0.717, 1.165) is 0 Å². The number of rotatable bonds is 2. The molecule has 16 heavy (non-hydrogen) atoms. The maximum atomic E-state index is 11.4. The highest BCUT2D eigenvalue weighted by atomic mass is 16.6. The van der Waals surface area contributed by atoms with Gasteiger partial charge < -0.3 is 15.2 Å². The van der Waals surface area contributed by atoms with E-state index in [1.54, 1.807) is 6.92 Å². The first-order valence-electron chi connectivity index (χ1n) is 5.35. The Balaban J connectivity index is 2.71. The first kappa shape index (κ1) is 13.0. The second kappa shape index (κ2) is 4.44. The zero-order valence-corrected chi connectivity index (χ0v) is 10.3. The maximum absolute atomic E-state index is 11.4. The van der Waals surface area contributed by atoms with Gasteiger partial charge in [0.2, 0.25) is 5.60 Å². The lowest BCUT2D eigenvalue weighted by atomic mass is 9.94. The molecule has 1 aliphatic heterocycles. The van der Waals surface area contributed by atoms with Gasteiger partial charge in [-0.2, -0.15) is 0 Å². The van der Waals surface area contributed by atoms with Crippen LogP contribution in [0.3, 0.4) is 0 Å². The van der Waals surface area contributed by atoms with Crippen molar-refractivity contribution in [3.05, 3.63) is 0 Å². The van der Waals surface area contributed by atoms with E-state index in [-0.39, 0.29) is 5.41 Å². The van der Waals surface area contributed by atoms with Crippen molar-refractivity contribution in [2.75, 3.05) is 13.2 Å². The van der Waals surface area contributed by atoms with Crippen LogP contribution in [-0.2, 0) is 14.3 Å². The number of ether oxygens (including phenoxy) is 2. The summed E-state index contributed by atoms with van der Waals surface area (Å²) in [6.45, 7) is 8.25. The molecule has 1 aliphatic rings. The van der Waals surface area contributed by atoms with Crippen LogP contribution in [0, 0.1) is 17.3 Å². The van der Waals surface area contributed by atoms with Gasteiger partial charge in [0.25, 0.3) is 0 Å². The zero-order chi connectivity index (χ0) is 12.4. The highest BCUT2D eigenvalue weighted by Gasteiger charge is 2.42. The van der Waals surface area contributed by atoms with Crippen molar-refractivity contribution >= 4 is 5.97 Å². The van der Waals surface area contributed by atoms with E-state index in [9.17, 15) is 4.79 Å². The van der Waals surface area contributed by atoms with Crippen LogP contribution < -0.4 is 5.73 Å². The molecule has 2 N–H and O–H groups in total. The molecule has 4 nitrogen and oxygen atoms in total. The van der Waals surface area contributed by atoms with E-state index >= 15 is 0 Å². The number of hydrogen-bond donors (Lipinski definition) is 1. The van der Waals surface area contributed by atoms with Gasteiger partial charge in [0.15, 0.2) is 0 Å². The molecule has 4 heteroatoms. The van der Waals surface area contributed by atoms with Gasteiger partial charge >= 0.3 is 5.97 Å². The summed E-state index contributed by atoms with van der Waals surface area (Å²) in [5, 5.41) is 0. The van der Waals surface area contributed by atoms with Crippen LogP contribution >= 0.6 is 0 Å². The second-order valence-corrected chi connectivity index (χ2v) is 5.20. The molecule has 0 aromatic rings. The Labute approximate surface area is 96.5 Å². The summed E-state index contributed by atoms with van der Waals surface area (Å²) < 4.78 is 10.3. The monoisotopic (exact) mass is 225 g/mol. The van der Waals surface area contributed by atoms with E-state index < -0.39 is 17.6 Å². The Hall–Kier alpha value is -1.05. The van der Waals surface area contributed by atoms with E-state index in [2.05, 4.69) is 11.8 Å². The van der Waals surface area contributed by atoms with Crippen LogP contribution in [0.25, 0.3) is 0 Å². The van der Waals surface area contributed by atoms with Crippen molar-refractivity contribution in [2.24, 2.45) is 11.1 Å². The zero-order valence-electron chi connectivity index (χ0n) is 10.3. The predicted molar refractivity (Wildman–Crippen MR) is 60.5 cm³/mol. The van der Waals surface area contributed by atoms with Crippen molar-refractivity contribution in [2.45, 2.75) is 39.3 Å². The number of esters is 1. The molecule has 90 valence electrons. The lowest BCUT2D eigenvalue weighted by molar-refractivity contribution is -0.193. The van der Waals surface area contributed by atoms with Gasteiger partial charge in [-0.3, -0.25) is 4.79 Å². The number of hydrogen-bond acceptors (Lipinski definition) is 4. The quantitative estimate of drug-likeness (QED) is 0.555. The molecule has 1 saturated heterocycles. The van der Waals surface area contributed by atoms with E-state index in [1.165, 1.54) is 0 Å². The van der Waals surface area contributed by atoms with Crippen molar-refractivity contribution < 1.29 is 14.3 Å². The SMILES string of the molecule is C[C@H](N)C(=O)OC1(C#CC(C)(C)C)COC1. The maximum Gasteiger partial charge on any atom is 0.324 e. The van der Waals surface area contributed by atoms with Gasteiger partial charge in [0.1, 0.15) is 19.3 Å². The highest BCUT2D eigenvalue weighted by Crippen LogP contribution is 2.23. The molecule has 0 aromatic carbocycles. The Morgan fingerprint density at radius 1 is 1.50 bits per heavy atom. The van der Waals surface area contributed by atoms with Crippen molar-refractivity contribution in [1.29, 1.82) is 0 Å². The first-order valence-corrected chi connectivity index (χ1v) is 5.35. The van der Waals surface area contributed by atoms with Crippen LogP contribution in [0.15, 0.2) is 0 Å². The average molecular weight is 225 g/mol. The molecular weight excluding hydrogens is 206 g/mol. The predicted octanol–water partition coefficient (Wildman–Crippen LogP) is 0.695. The highest BCUT2D eigenvalue weighted by molar-refractivity contribution is 5.75. The smallest absolute Gasteiger partial charge is 0.324 e. The largest absolute Gasteiger partial charge is 0.440 e. The van der Waals surface area contributed by atoms with Crippen LogP contribution in [0.4, 0.5) is 0 Å². The van der Waals surface area contributed by atoms with Crippen LogP contribution in [0.5, 0.6) is 0 Å². The average Bonchev–Trinajstić information content (AvgIpc) is 2.07. The molecule has 0 aromatic heterocycles. The van der Waals surface area contributed by atoms with Gasteiger partial charge in [-0.25, -0.2) is 0 Å². The fourth-order valence-electron chi connectivity index (χ4n) is 1.03. The third-order valence-corrected chi connectivity index (χ3v) is 2.00. The molecule has 1 fully saturated rings. The summed E-state index contributed by atoms with van der Waals surface area (Å²) in [7, 11) is 0. The third kappa shape index (κ3) is 3.51. The molecule has 0 spiro atoms. The van der Waals surface area contributed by atoms with Gasteiger partial charge in [0.05, 0.1) is 0 Å². The summed E-state index contributed by atoms with van der Waals surface area (Å²) >= 11 is 0. The second-order valence-electron chi connectivity index (χ2n) is 5.20. The molecule has 1 atom stereocenters. The normalized spacial score (nSPS) is 20.1. The molecule has 1 rings (SSSR count). The standard InChI is InChI=1S/C12H19NO3/c1-9(13)10(14)16-12(7-15-8-12)6-5-11(2,3)4/h9H,7-8,13H2,1-4H3/t9-/m0/s1. The van der Waals surface area contributed by atoms with Crippen LogP contribution in [-0.4, -0.2) is 30.8 Å². The molecule has 0 saturated carbocycles. The van der Waals surface area contributed by atoms with E-state index in [4.69, 9.17) is 15.2 Å². The van der Waals surface area contributed by atoms with Crippen molar-refractivity contribution in [3.8, 4) is 11.8 Å². The van der Waals surface area contributed by atoms with E-state index in [0.29, 0.717) is 13.2 Å². The number of carbonyl (C=O) groups excluding carboxylic acids is 1. The summed E-state index contributed by atoms with van der Waals surface area (Å²) in [4.78, 5) is 11.4. The Kier molecular flexibility index (Phi) is 3.61. The summed E-state index contributed by atoms with van der Waals surface area (Å²) in [6.07, 6.45) is 0. The minimum Gasteiger partial charge on any atom is -0.440 e. The molecular formula is C12H19NO3. The van der Waals surface area contributed by atoms with Gasteiger partial charge in [-0.05, 0) is 33.6 Å². The Morgan fingerprint density at radius 2 is 2.06 bits per heavy atom. The minimum absolute atomic E-state index is 0.122. The molecule has 0 aliphatic carbocycles. The minimum atomic E-state index is -0.780. The number of nitrogens with two attached hydrogens (primary N) is 1. The summed E-state index contributed by atoms with van der Waals surface area (Å²) in [5.74, 6) is 5.61. The summed E-state index contributed by atoms with van der Waals surface area (Å²) in [5.41, 5.74) is 4.54. The van der Waals surface area contributed by atoms with Gasteiger partial charge in [-0.1, -0.05) is 5.92 Å².